The highest BCUT2D eigenvalue weighted by Gasteiger charge is 2.23. The molecule has 0 amide bonds. The number of hydrogen-bond donors (Lipinski definition) is 2. The first kappa shape index (κ1) is 17.6. The lowest BCUT2D eigenvalue weighted by Crippen LogP contribution is -2.32. The largest absolute Gasteiger partial charge is 0.392 e. The zero-order valence-electron chi connectivity index (χ0n) is 14.8. The van der Waals surface area contributed by atoms with Gasteiger partial charge in [0.15, 0.2) is 0 Å². The Morgan fingerprint density at radius 3 is 2.96 bits per heavy atom. The van der Waals surface area contributed by atoms with E-state index in [4.69, 9.17) is 4.98 Å². The van der Waals surface area contributed by atoms with Crippen molar-refractivity contribution in [2.24, 2.45) is 5.92 Å². The molecule has 6 heteroatoms. The normalized spacial score (nSPS) is 19.0. The fourth-order valence-electron chi connectivity index (χ4n) is 3.41. The predicted molar refractivity (Wildman–Crippen MR) is 98.7 cm³/mol. The second kappa shape index (κ2) is 7.33. The maximum Gasteiger partial charge on any atom is 0.259 e. The van der Waals surface area contributed by atoms with Gasteiger partial charge in [-0.25, -0.2) is 4.98 Å². The first-order valence-corrected chi connectivity index (χ1v) is 9.77. The van der Waals surface area contributed by atoms with Crippen LogP contribution in [0.1, 0.15) is 49.9 Å². The topological polar surface area (TPSA) is 69.2 Å². The number of aromatic amines is 1. The van der Waals surface area contributed by atoms with Crippen LogP contribution in [0.2, 0.25) is 0 Å². The second-order valence-electron chi connectivity index (χ2n) is 6.93. The number of likely N-dealkylation sites (N-methyl/N-ethyl adjacent to an activating group) is 1. The van der Waals surface area contributed by atoms with Crippen LogP contribution in [0.25, 0.3) is 10.2 Å². The Balaban J connectivity index is 1.89. The zero-order chi connectivity index (χ0) is 17.3. The number of hydrogen-bond acceptors (Lipinski definition) is 5. The predicted octanol–water partition coefficient (Wildman–Crippen LogP) is 2.70. The maximum atomic E-state index is 12.6. The molecular weight excluding hydrogens is 322 g/mol. The standard InChI is InChI=1S/C18H27N3O2S/c1-4-12(22)9-21(5-2)10-15-19-17(23)16-13-7-6-11(3)8-14(13)24-18(16)20-15/h11-12,22H,4-10H2,1-3H3,(H,19,20,23). The molecule has 1 aliphatic carbocycles. The van der Waals surface area contributed by atoms with Crippen LogP contribution >= 0.6 is 11.3 Å². The van der Waals surface area contributed by atoms with E-state index in [-0.39, 0.29) is 11.7 Å². The van der Waals surface area contributed by atoms with E-state index in [2.05, 4.69) is 23.7 Å². The van der Waals surface area contributed by atoms with Gasteiger partial charge in [0.1, 0.15) is 10.7 Å². The summed E-state index contributed by atoms with van der Waals surface area (Å²) in [6, 6.07) is 0. The van der Waals surface area contributed by atoms with Crippen molar-refractivity contribution in [3.8, 4) is 0 Å². The van der Waals surface area contributed by atoms with Crippen LogP contribution in [0, 0.1) is 5.92 Å². The summed E-state index contributed by atoms with van der Waals surface area (Å²) in [6.07, 6.45) is 3.60. The lowest BCUT2D eigenvalue weighted by molar-refractivity contribution is 0.107. The number of nitrogens with one attached hydrogen (secondary N) is 1. The smallest absolute Gasteiger partial charge is 0.259 e. The Labute approximate surface area is 146 Å². The number of nitrogens with zero attached hydrogens (tertiary/aromatic N) is 2. The molecule has 3 rings (SSSR count). The molecule has 2 unspecified atom stereocenters. The Kier molecular flexibility index (Phi) is 5.37. The first-order valence-electron chi connectivity index (χ1n) is 8.95. The molecule has 5 nitrogen and oxygen atoms in total. The summed E-state index contributed by atoms with van der Waals surface area (Å²) < 4.78 is 0. The van der Waals surface area contributed by atoms with Gasteiger partial charge in [0.05, 0.1) is 18.0 Å². The van der Waals surface area contributed by atoms with Gasteiger partial charge in [0, 0.05) is 11.4 Å². The third-order valence-corrected chi connectivity index (χ3v) is 6.12. The maximum absolute atomic E-state index is 12.6. The summed E-state index contributed by atoms with van der Waals surface area (Å²) in [4.78, 5) is 24.6. The van der Waals surface area contributed by atoms with Gasteiger partial charge in [-0.1, -0.05) is 20.8 Å². The highest BCUT2D eigenvalue weighted by molar-refractivity contribution is 7.18. The molecule has 0 aliphatic heterocycles. The fraction of sp³-hybridized carbons (Fsp3) is 0.667. The minimum absolute atomic E-state index is 0.00542. The Bertz CT molecular complexity index is 767. The Hall–Kier alpha value is -1.24. The van der Waals surface area contributed by atoms with E-state index in [1.807, 2.05) is 6.92 Å². The van der Waals surface area contributed by atoms with Crippen LogP contribution < -0.4 is 5.56 Å². The Morgan fingerprint density at radius 1 is 1.46 bits per heavy atom. The number of aliphatic hydroxyl groups excluding tert-OH is 1. The third-order valence-electron chi connectivity index (χ3n) is 4.98. The second-order valence-corrected chi connectivity index (χ2v) is 8.02. The van der Waals surface area contributed by atoms with Crippen molar-refractivity contribution in [3.63, 3.8) is 0 Å². The van der Waals surface area contributed by atoms with Gasteiger partial charge in [-0.2, -0.15) is 0 Å². The van der Waals surface area contributed by atoms with Crippen LogP contribution in [-0.2, 0) is 19.4 Å². The number of aliphatic hydroxyl groups is 1. The van der Waals surface area contributed by atoms with Gasteiger partial charge >= 0.3 is 0 Å². The van der Waals surface area contributed by atoms with E-state index in [0.717, 1.165) is 42.4 Å². The molecule has 2 aromatic heterocycles. The molecule has 0 bridgehead atoms. The summed E-state index contributed by atoms with van der Waals surface area (Å²) in [5.74, 6) is 1.39. The van der Waals surface area contributed by atoms with Gasteiger partial charge in [-0.05, 0) is 43.7 Å². The number of aryl methyl sites for hydroxylation is 1. The fourth-order valence-corrected chi connectivity index (χ4v) is 4.82. The van der Waals surface area contributed by atoms with E-state index in [1.165, 1.54) is 10.4 Å². The van der Waals surface area contributed by atoms with E-state index < -0.39 is 0 Å². The third kappa shape index (κ3) is 3.55. The van der Waals surface area contributed by atoms with Crippen molar-refractivity contribution < 1.29 is 5.11 Å². The lowest BCUT2D eigenvalue weighted by Gasteiger charge is -2.22. The Morgan fingerprint density at radius 2 is 2.25 bits per heavy atom. The number of fused-ring (bicyclic) bond motifs is 3. The molecule has 2 N–H and O–H groups in total. The SMILES string of the molecule is CCC(O)CN(CC)Cc1nc2sc3c(c2c(=O)[nH]1)CCC(C)C3. The lowest BCUT2D eigenvalue weighted by atomic mass is 9.89. The molecule has 1 aliphatic rings. The van der Waals surface area contributed by atoms with Gasteiger partial charge in [-0.15, -0.1) is 11.3 Å². The van der Waals surface area contributed by atoms with Gasteiger partial charge in [-0.3, -0.25) is 9.69 Å². The molecule has 0 aromatic carbocycles. The minimum atomic E-state index is -0.337. The van der Waals surface area contributed by atoms with E-state index in [1.54, 1.807) is 11.3 Å². The minimum Gasteiger partial charge on any atom is -0.392 e. The van der Waals surface area contributed by atoms with Gasteiger partial charge in [0.25, 0.3) is 5.56 Å². The molecule has 0 spiro atoms. The first-order chi connectivity index (χ1) is 11.5. The van der Waals surface area contributed by atoms with Crippen molar-refractivity contribution in [3.05, 3.63) is 26.6 Å². The number of aromatic nitrogens is 2. The van der Waals surface area contributed by atoms with Crippen LogP contribution in [0.5, 0.6) is 0 Å². The number of rotatable bonds is 6. The van der Waals surface area contributed by atoms with E-state index in [9.17, 15) is 9.90 Å². The molecule has 2 aromatic rings. The highest BCUT2D eigenvalue weighted by Crippen LogP contribution is 2.35. The molecular formula is C18H27N3O2S. The summed E-state index contributed by atoms with van der Waals surface area (Å²) in [5, 5.41) is 10.7. The van der Waals surface area contributed by atoms with Crippen LogP contribution in [-0.4, -0.2) is 39.2 Å². The average Bonchev–Trinajstić information content (AvgIpc) is 2.91. The molecule has 132 valence electrons. The van der Waals surface area contributed by atoms with Crippen LogP contribution in [0.4, 0.5) is 0 Å². The van der Waals surface area contributed by atoms with Crippen molar-refractivity contribution in [2.75, 3.05) is 13.1 Å². The summed E-state index contributed by atoms with van der Waals surface area (Å²) >= 11 is 1.69. The molecule has 0 saturated carbocycles. The summed E-state index contributed by atoms with van der Waals surface area (Å²) in [5.41, 5.74) is 1.22. The number of thiophene rings is 1. The van der Waals surface area contributed by atoms with Crippen LogP contribution in [0.3, 0.4) is 0 Å². The quantitative estimate of drug-likeness (QED) is 0.841. The average molecular weight is 350 g/mol. The van der Waals surface area contributed by atoms with E-state index in [0.29, 0.717) is 24.8 Å². The molecule has 0 radical (unpaired) electrons. The van der Waals surface area contributed by atoms with Crippen molar-refractivity contribution in [1.82, 2.24) is 14.9 Å². The van der Waals surface area contributed by atoms with Crippen molar-refractivity contribution in [2.45, 2.75) is 59.1 Å². The highest BCUT2D eigenvalue weighted by atomic mass is 32.1. The molecule has 2 atom stereocenters. The van der Waals surface area contributed by atoms with Crippen molar-refractivity contribution in [1.29, 1.82) is 0 Å². The van der Waals surface area contributed by atoms with Gasteiger partial charge < -0.3 is 10.1 Å². The van der Waals surface area contributed by atoms with Gasteiger partial charge in [0.2, 0.25) is 0 Å². The van der Waals surface area contributed by atoms with E-state index >= 15 is 0 Å². The molecule has 0 saturated heterocycles. The summed E-state index contributed by atoms with van der Waals surface area (Å²) in [7, 11) is 0. The monoisotopic (exact) mass is 349 g/mol. The van der Waals surface area contributed by atoms with Crippen LogP contribution in [0.15, 0.2) is 4.79 Å². The van der Waals surface area contributed by atoms with Crippen molar-refractivity contribution >= 4 is 21.6 Å². The molecule has 0 fully saturated rings. The zero-order valence-corrected chi connectivity index (χ0v) is 15.6. The summed E-state index contributed by atoms with van der Waals surface area (Å²) in [6.45, 7) is 8.29. The molecule has 24 heavy (non-hydrogen) atoms. The number of H-pyrrole nitrogens is 1. The molecule has 2 heterocycles.